The minimum Gasteiger partial charge on any atom is -0.472 e. The van der Waals surface area contributed by atoms with Crippen LogP contribution in [0.2, 0.25) is 0 Å². The number of hydrogen-bond donors (Lipinski definition) is 0. The smallest absolute Gasteiger partial charge is 0.420 e. The van der Waals surface area contributed by atoms with Crippen LogP contribution >= 0.6 is 11.3 Å². The van der Waals surface area contributed by atoms with Crippen LogP contribution in [0.5, 0.6) is 0 Å². The van der Waals surface area contributed by atoms with E-state index in [9.17, 15) is 9.59 Å². The molecule has 0 atom stereocenters. The van der Waals surface area contributed by atoms with E-state index in [-0.39, 0.29) is 12.5 Å². The Morgan fingerprint density at radius 1 is 1.12 bits per heavy atom. The van der Waals surface area contributed by atoms with Gasteiger partial charge >= 0.3 is 5.76 Å². The van der Waals surface area contributed by atoms with Gasteiger partial charge in [-0.25, -0.2) is 4.79 Å². The molecule has 0 aliphatic carbocycles. The Bertz CT molecular complexity index is 1020. The first-order valence-corrected chi connectivity index (χ1v) is 8.98. The van der Waals surface area contributed by atoms with Gasteiger partial charge in [-0.05, 0) is 29.6 Å². The predicted octanol–water partition coefficient (Wildman–Crippen LogP) is 3.48. The van der Waals surface area contributed by atoms with Crippen molar-refractivity contribution in [3.8, 4) is 0 Å². The number of furan rings is 1. The fourth-order valence-electron chi connectivity index (χ4n) is 2.82. The number of rotatable bonds is 6. The Morgan fingerprint density at radius 3 is 2.77 bits per heavy atom. The molecule has 1 aromatic carbocycles. The van der Waals surface area contributed by atoms with Gasteiger partial charge in [-0.3, -0.25) is 9.36 Å². The maximum absolute atomic E-state index is 13.0. The molecule has 0 N–H and O–H groups in total. The molecule has 0 unspecified atom stereocenters. The van der Waals surface area contributed by atoms with E-state index >= 15 is 0 Å². The summed E-state index contributed by atoms with van der Waals surface area (Å²) in [6.45, 7) is 0.822. The molecule has 3 heterocycles. The summed E-state index contributed by atoms with van der Waals surface area (Å²) >= 11 is 1.59. The van der Waals surface area contributed by atoms with Crippen LogP contribution < -0.4 is 5.76 Å². The summed E-state index contributed by atoms with van der Waals surface area (Å²) in [4.78, 5) is 27.9. The largest absolute Gasteiger partial charge is 0.472 e. The first kappa shape index (κ1) is 16.4. The molecule has 0 bridgehead atoms. The molecule has 1 amide bonds. The van der Waals surface area contributed by atoms with Crippen molar-refractivity contribution in [3.63, 3.8) is 0 Å². The molecule has 0 fully saturated rings. The van der Waals surface area contributed by atoms with Crippen molar-refractivity contribution in [2.75, 3.05) is 0 Å². The highest BCUT2D eigenvalue weighted by molar-refractivity contribution is 7.09. The van der Waals surface area contributed by atoms with Crippen molar-refractivity contribution < 1.29 is 13.6 Å². The highest BCUT2D eigenvalue weighted by atomic mass is 32.1. The van der Waals surface area contributed by atoms with Crippen LogP contribution in [0.25, 0.3) is 11.1 Å². The second kappa shape index (κ2) is 7.05. The Balaban J connectivity index is 1.60. The molecule has 0 aliphatic heterocycles. The summed E-state index contributed by atoms with van der Waals surface area (Å²) in [6, 6.07) is 12.9. The van der Waals surface area contributed by atoms with Gasteiger partial charge in [-0.1, -0.05) is 18.2 Å². The third kappa shape index (κ3) is 3.34. The third-order valence-electron chi connectivity index (χ3n) is 4.10. The van der Waals surface area contributed by atoms with Crippen LogP contribution in [-0.2, 0) is 24.4 Å². The maximum Gasteiger partial charge on any atom is 0.420 e. The molecule has 4 aromatic rings. The Labute approximate surface area is 152 Å². The molecule has 0 saturated carbocycles. The molecule has 4 rings (SSSR count). The quantitative estimate of drug-likeness (QED) is 0.522. The predicted molar refractivity (Wildman–Crippen MR) is 97.8 cm³/mol. The normalized spacial score (nSPS) is 11.1. The summed E-state index contributed by atoms with van der Waals surface area (Å²) in [6.07, 6.45) is 3.20. The lowest BCUT2D eigenvalue weighted by Crippen LogP contribution is -2.34. The average Bonchev–Trinajstić information content (AvgIpc) is 3.37. The van der Waals surface area contributed by atoms with Crippen molar-refractivity contribution in [1.82, 2.24) is 9.47 Å². The number of aromatic nitrogens is 1. The molecular formula is C19H16N2O4S. The lowest BCUT2D eigenvalue weighted by Gasteiger charge is -2.21. The number of carbonyl (C=O) groups excluding carboxylic acids is 1. The SMILES string of the molecule is O=C(Cn1c(=O)oc2ccccc21)N(Cc1ccoc1)Cc1cccs1. The zero-order valence-electron chi connectivity index (χ0n) is 13.8. The van der Waals surface area contributed by atoms with E-state index in [1.54, 1.807) is 47.0 Å². The third-order valence-corrected chi connectivity index (χ3v) is 4.96. The highest BCUT2D eigenvalue weighted by Gasteiger charge is 2.19. The second-order valence-electron chi connectivity index (χ2n) is 5.88. The second-order valence-corrected chi connectivity index (χ2v) is 6.91. The van der Waals surface area contributed by atoms with Crippen LogP contribution in [0.1, 0.15) is 10.4 Å². The van der Waals surface area contributed by atoms with Gasteiger partial charge in [0.1, 0.15) is 6.54 Å². The van der Waals surface area contributed by atoms with Gasteiger partial charge in [-0.15, -0.1) is 11.3 Å². The van der Waals surface area contributed by atoms with E-state index in [1.807, 2.05) is 29.6 Å². The fraction of sp³-hybridized carbons (Fsp3) is 0.158. The standard InChI is InChI=1S/C19H16N2O4S/c22-18(12-21-16-5-1-2-6-17(16)25-19(21)23)20(10-14-7-8-24-13-14)11-15-4-3-9-26-15/h1-9,13H,10-12H2. The van der Waals surface area contributed by atoms with Gasteiger partial charge in [0.25, 0.3) is 0 Å². The summed E-state index contributed by atoms with van der Waals surface area (Å²) in [7, 11) is 0. The van der Waals surface area contributed by atoms with Crippen LogP contribution in [0.15, 0.2) is 74.0 Å². The highest BCUT2D eigenvalue weighted by Crippen LogP contribution is 2.17. The minimum atomic E-state index is -0.529. The van der Waals surface area contributed by atoms with Crippen molar-refractivity contribution in [1.29, 1.82) is 0 Å². The van der Waals surface area contributed by atoms with Gasteiger partial charge in [0, 0.05) is 17.0 Å². The van der Waals surface area contributed by atoms with E-state index < -0.39 is 5.76 Å². The van der Waals surface area contributed by atoms with Gasteiger partial charge in [-0.2, -0.15) is 0 Å². The minimum absolute atomic E-state index is 0.0704. The summed E-state index contributed by atoms with van der Waals surface area (Å²) in [5.41, 5.74) is 1.99. The number of fused-ring (bicyclic) bond motifs is 1. The van der Waals surface area contributed by atoms with Crippen LogP contribution in [0.4, 0.5) is 0 Å². The monoisotopic (exact) mass is 368 g/mol. The number of amides is 1. The van der Waals surface area contributed by atoms with Crippen molar-refractivity contribution in [2.24, 2.45) is 0 Å². The molecule has 132 valence electrons. The van der Waals surface area contributed by atoms with Crippen molar-refractivity contribution in [2.45, 2.75) is 19.6 Å². The van der Waals surface area contributed by atoms with Crippen molar-refractivity contribution >= 4 is 28.3 Å². The Kier molecular flexibility index (Phi) is 4.45. The summed E-state index contributed by atoms with van der Waals surface area (Å²) in [5.74, 6) is -0.688. The van der Waals surface area contributed by atoms with E-state index in [0.29, 0.717) is 24.2 Å². The van der Waals surface area contributed by atoms with E-state index in [2.05, 4.69) is 0 Å². The maximum atomic E-state index is 13.0. The van der Waals surface area contributed by atoms with Crippen molar-refractivity contribution in [3.05, 3.63) is 81.4 Å². The van der Waals surface area contributed by atoms with Gasteiger partial charge < -0.3 is 13.7 Å². The van der Waals surface area contributed by atoms with Crippen LogP contribution in [-0.4, -0.2) is 15.4 Å². The number of nitrogens with zero attached hydrogens (tertiary/aromatic N) is 2. The van der Waals surface area contributed by atoms with Gasteiger partial charge in [0.05, 0.1) is 24.6 Å². The Morgan fingerprint density at radius 2 is 2.00 bits per heavy atom. The van der Waals surface area contributed by atoms with Gasteiger partial charge in [0.15, 0.2) is 5.58 Å². The number of oxazole rings is 1. The lowest BCUT2D eigenvalue weighted by molar-refractivity contribution is -0.133. The number of thiophene rings is 1. The fourth-order valence-corrected chi connectivity index (χ4v) is 3.54. The van der Waals surface area contributed by atoms with Crippen LogP contribution in [0, 0.1) is 0 Å². The lowest BCUT2D eigenvalue weighted by atomic mass is 10.3. The molecule has 3 aromatic heterocycles. The molecule has 0 radical (unpaired) electrons. The zero-order valence-corrected chi connectivity index (χ0v) is 14.6. The topological polar surface area (TPSA) is 68.6 Å². The van der Waals surface area contributed by atoms with Crippen LogP contribution in [0.3, 0.4) is 0 Å². The molecular weight excluding hydrogens is 352 g/mol. The number of hydrogen-bond acceptors (Lipinski definition) is 5. The number of carbonyl (C=O) groups is 1. The van der Waals surface area contributed by atoms with E-state index in [4.69, 9.17) is 8.83 Å². The molecule has 0 saturated heterocycles. The zero-order chi connectivity index (χ0) is 17.9. The van der Waals surface area contributed by atoms with Gasteiger partial charge in [0.2, 0.25) is 5.91 Å². The molecule has 0 spiro atoms. The van der Waals surface area contributed by atoms with E-state index in [1.165, 1.54) is 4.57 Å². The molecule has 0 aliphatic rings. The number of para-hydroxylation sites is 2. The van der Waals surface area contributed by atoms with E-state index in [0.717, 1.165) is 10.4 Å². The molecule has 7 heteroatoms. The summed E-state index contributed by atoms with van der Waals surface area (Å²) in [5, 5.41) is 1.98. The Hall–Kier alpha value is -3.06. The molecule has 6 nitrogen and oxygen atoms in total. The molecule has 26 heavy (non-hydrogen) atoms. The first-order chi connectivity index (χ1) is 12.7. The summed E-state index contributed by atoms with van der Waals surface area (Å²) < 4.78 is 11.7. The average molecular weight is 368 g/mol. The number of benzene rings is 1. The first-order valence-electron chi connectivity index (χ1n) is 8.10.